The monoisotopic (exact) mass is 429 g/mol. The maximum atomic E-state index is 6.13. The number of hydrogen-bond acceptors (Lipinski definition) is 7. The summed E-state index contributed by atoms with van der Waals surface area (Å²) in [4.78, 5) is 10.7. The fourth-order valence-corrected chi connectivity index (χ4v) is 3.17. The van der Waals surface area contributed by atoms with Gasteiger partial charge in [0.2, 0.25) is 5.88 Å². The molecule has 0 saturated carbocycles. The van der Waals surface area contributed by atoms with Crippen molar-refractivity contribution in [1.29, 1.82) is 0 Å². The number of benzene rings is 1. The number of methoxy groups -OCH3 is 2. The molecular weight excluding hydrogens is 402 g/mol. The molecule has 0 fully saturated rings. The van der Waals surface area contributed by atoms with Crippen LogP contribution in [0.1, 0.15) is 6.42 Å². The Morgan fingerprint density at radius 3 is 2.63 bits per heavy atom. The van der Waals surface area contributed by atoms with Crippen LogP contribution in [0, 0.1) is 0 Å². The molecule has 1 aromatic heterocycles. The zero-order chi connectivity index (χ0) is 21.5. The first-order valence-electron chi connectivity index (χ1n) is 9.61. The van der Waals surface area contributed by atoms with Crippen molar-refractivity contribution in [2.75, 3.05) is 41.4 Å². The van der Waals surface area contributed by atoms with Crippen LogP contribution in [-0.2, 0) is 0 Å². The molecule has 1 aliphatic carbocycles. The Bertz CT molecular complexity index is 961. The summed E-state index contributed by atoms with van der Waals surface area (Å²) in [6.07, 6.45) is 8.03. The lowest BCUT2D eigenvalue weighted by Crippen LogP contribution is -2.38. The van der Waals surface area contributed by atoms with E-state index in [2.05, 4.69) is 31.6 Å². The van der Waals surface area contributed by atoms with E-state index in [1.165, 1.54) is 6.33 Å². The van der Waals surface area contributed by atoms with Gasteiger partial charge in [-0.2, -0.15) is 0 Å². The topological polar surface area (TPSA) is 80.8 Å². The first kappa shape index (κ1) is 21.8. The number of nitrogens with one attached hydrogen (secondary N) is 2. The minimum atomic E-state index is -0.142. The highest BCUT2D eigenvalue weighted by atomic mass is 32.1. The van der Waals surface area contributed by atoms with Crippen LogP contribution in [0.5, 0.6) is 17.4 Å². The number of allylic oxidation sites excluding steroid dienone is 1. The van der Waals surface area contributed by atoms with Gasteiger partial charge in [0.1, 0.15) is 12.4 Å². The predicted octanol–water partition coefficient (Wildman–Crippen LogP) is 2.26. The third-order valence-corrected chi connectivity index (χ3v) is 4.78. The summed E-state index contributed by atoms with van der Waals surface area (Å²) < 4.78 is 16.9. The van der Waals surface area contributed by atoms with Gasteiger partial charge < -0.3 is 29.7 Å². The Balaban J connectivity index is 1.63. The van der Waals surface area contributed by atoms with Gasteiger partial charge in [0.25, 0.3) is 0 Å². The van der Waals surface area contributed by atoms with E-state index in [9.17, 15) is 0 Å². The summed E-state index contributed by atoms with van der Waals surface area (Å²) in [5.74, 6) is 1.72. The van der Waals surface area contributed by atoms with Crippen molar-refractivity contribution in [2.45, 2.75) is 12.5 Å². The molecule has 3 rings (SSSR count). The number of aromatic nitrogens is 2. The van der Waals surface area contributed by atoms with Crippen LogP contribution in [0.4, 0.5) is 0 Å². The van der Waals surface area contributed by atoms with Crippen LogP contribution in [-0.4, -0.2) is 67.5 Å². The van der Waals surface area contributed by atoms with Crippen molar-refractivity contribution in [2.24, 2.45) is 0 Å². The molecule has 1 unspecified atom stereocenters. The number of likely N-dealkylation sites (N-methyl/N-ethyl adjacent to an activating group) is 1. The van der Waals surface area contributed by atoms with Crippen LogP contribution >= 0.6 is 12.2 Å². The number of nitrogens with zero attached hydrogens (tertiary/aromatic N) is 3. The largest absolute Gasteiger partial charge is 0.493 e. The van der Waals surface area contributed by atoms with Gasteiger partial charge in [0.05, 0.1) is 25.1 Å². The zero-order valence-electron chi connectivity index (χ0n) is 17.6. The van der Waals surface area contributed by atoms with Crippen molar-refractivity contribution >= 4 is 28.2 Å². The van der Waals surface area contributed by atoms with Crippen LogP contribution in [0.2, 0.25) is 0 Å². The average Bonchev–Trinajstić information content (AvgIpc) is 2.74. The van der Waals surface area contributed by atoms with Crippen molar-refractivity contribution in [3.8, 4) is 17.4 Å². The number of ether oxygens (including phenoxy) is 3. The molecule has 0 amide bonds. The average molecular weight is 430 g/mol. The van der Waals surface area contributed by atoms with Gasteiger partial charge in [-0.25, -0.2) is 9.97 Å². The Hall–Kier alpha value is -2.91. The maximum absolute atomic E-state index is 6.13. The van der Waals surface area contributed by atoms with Crippen molar-refractivity contribution in [3.05, 3.63) is 42.4 Å². The Kier molecular flexibility index (Phi) is 7.42. The first-order valence-corrected chi connectivity index (χ1v) is 10.0. The molecule has 0 aliphatic heterocycles. The van der Waals surface area contributed by atoms with E-state index in [1.807, 2.05) is 38.4 Å². The van der Waals surface area contributed by atoms with Crippen LogP contribution in [0.3, 0.4) is 0 Å². The summed E-state index contributed by atoms with van der Waals surface area (Å²) in [6.45, 7) is 1.70. The number of hydrogen-bond donors (Lipinski definition) is 2. The van der Waals surface area contributed by atoms with Gasteiger partial charge in [-0.3, -0.25) is 0 Å². The van der Waals surface area contributed by atoms with Gasteiger partial charge in [-0.05, 0) is 44.5 Å². The Morgan fingerprint density at radius 1 is 1.20 bits per heavy atom. The molecule has 1 aliphatic rings. The number of thiocarbonyl (C=S) groups is 1. The summed E-state index contributed by atoms with van der Waals surface area (Å²) in [5.41, 5.74) is 1.67. The third-order valence-electron chi connectivity index (χ3n) is 4.53. The SMILES string of the molecule is COc1cc2ncnc(OC3C=CC(NC(=S)NCCN(C)C)=CC3)c2cc1OC. The molecule has 0 radical (unpaired) electrons. The lowest BCUT2D eigenvalue weighted by atomic mass is 10.1. The normalized spacial score (nSPS) is 15.6. The van der Waals surface area contributed by atoms with E-state index in [4.69, 9.17) is 26.4 Å². The highest BCUT2D eigenvalue weighted by molar-refractivity contribution is 7.80. The highest BCUT2D eigenvalue weighted by Gasteiger charge is 2.16. The van der Waals surface area contributed by atoms with Crippen LogP contribution < -0.4 is 24.8 Å². The maximum Gasteiger partial charge on any atom is 0.225 e. The van der Waals surface area contributed by atoms with E-state index >= 15 is 0 Å². The second kappa shape index (κ2) is 10.2. The molecule has 160 valence electrons. The van der Waals surface area contributed by atoms with Gasteiger partial charge >= 0.3 is 0 Å². The Labute approximate surface area is 181 Å². The van der Waals surface area contributed by atoms with Gasteiger partial charge in [-0.15, -0.1) is 0 Å². The molecular formula is C21H27N5O3S. The molecule has 1 aromatic carbocycles. The van der Waals surface area contributed by atoms with Gasteiger partial charge in [-0.1, -0.05) is 6.08 Å². The summed E-state index contributed by atoms with van der Waals surface area (Å²) in [6, 6.07) is 3.64. The van der Waals surface area contributed by atoms with Crippen molar-refractivity contribution < 1.29 is 14.2 Å². The Morgan fingerprint density at radius 2 is 1.97 bits per heavy atom. The molecule has 1 heterocycles. The predicted molar refractivity (Wildman–Crippen MR) is 121 cm³/mol. The zero-order valence-corrected chi connectivity index (χ0v) is 18.5. The fourth-order valence-electron chi connectivity index (χ4n) is 2.95. The standard InChI is InChI=1S/C21H27N5O3S/c1-26(2)10-9-22-21(30)25-14-5-7-15(8-6-14)29-20-16-11-18(27-3)19(28-4)12-17(16)23-13-24-20/h5-7,11-13,15H,8-10H2,1-4H3,(H2,22,25,30). The van der Waals surface area contributed by atoms with Crippen LogP contribution in [0.15, 0.2) is 42.4 Å². The molecule has 8 nitrogen and oxygen atoms in total. The molecule has 9 heteroatoms. The molecule has 0 spiro atoms. The molecule has 30 heavy (non-hydrogen) atoms. The molecule has 1 atom stereocenters. The third kappa shape index (κ3) is 5.58. The van der Waals surface area contributed by atoms with Crippen LogP contribution in [0.25, 0.3) is 10.9 Å². The fraction of sp³-hybridized carbons (Fsp3) is 0.381. The summed E-state index contributed by atoms with van der Waals surface area (Å²) in [7, 11) is 7.24. The number of rotatable bonds is 8. The molecule has 0 bridgehead atoms. The first-order chi connectivity index (χ1) is 14.5. The van der Waals surface area contributed by atoms with E-state index in [1.54, 1.807) is 14.2 Å². The van der Waals surface area contributed by atoms with E-state index in [0.29, 0.717) is 28.9 Å². The van der Waals surface area contributed by atoms with Gasteiger partial charge in [0, 0.05) is 31.3 Å². The quantitative estimate of drug-likeness (QED) is 0.614. The lowest BCUT2D eigenvalue weighted by Gasteiger charge is -2.20. The smallest absolute Gasteiger partial charge is 0.225 e. The molecule has 2 N–H and O–H groups in total. The van der Waals surface area contributed by atoms with Gasteiger partial charge in [0.15, 0.2) is 16.6 Å². The molecule has 0 saturated heterocycles. The van der Waals surface area contributed by atoms with Crippen molar-refractivity contribution in [3.63, 3.8) is 0 Å². The second-order valence-corrected chi connectivity index (χ2v) is 7.41. The minimum absolute atomic E-state index is 0.142. The highest BCUT2D eigenvalue weighted by Crippen LogP contribution is 2.34. The van der Waals surface area contributed by atoms with E-state index in [0.717, 1.165) is 29.7 Å². The second-order valence-electron chi connectivity index (χ2n) is 7.00. The minimum Gasteiger partial charge on any atom is -0.493 e. The van der Waals surface area contributed by atoms with E-state index in [-0.39, 0.29) is 6.10 Å². The van der Waals surface area contributed by atoms with E-state index < -0.39 is 0 Å². The lowest BCUT2D eigenvalue weighted by molar-refractivity contribution is 0.244. The number of fused-ring (bicyclic) bond motifs is 1. The molecule has 2 aromatic rings. The summed E-state index contributed by atoms with van der Waals surface area (Å²) >= 11 is 5.33. The summed E-state index contributed by atoms with van der Waals surface area (Å²) in [5, 5.41) is 7.76. The van der Waals surface area contributed by atoms with Crippen molar-refractivity contribution in [1.82, 2.24) is 25.5 Å².